The number of carbonyl (C=O) groups excluding carboxylic acids is 3. The number of sulfonamides is 1. The standard InChI is InChI=1S/C28H39N3O5S/c1-27(2)20-14-15-28(27,24(32)17-20)18-37(35,36)31-16-6-9-23(31)26(34)30-22-12-10-21(11-13-22)29-25(33)19-7-4-3-5-8-19/h3-5,7-8,20-23H,6,9-18H2,1-2H3,(H,29,33)(H,30,34)/t20?,21?,22?,23-,28+/m0/s1. The van der Waals surface area contributed by atoms with Crippen molar-refractivity contribution in [3.05, 3.63) is 35.9 Å². The molecular weight excluding hydrogens is 490 g/mol. The first-order valence-electron chi connectivity index (χ1n) is 13.7. The largest absolute Gasteiger partial charge is 0.352 e. The number of nitrogens with zero attached hydrogens (tertiary/aromatic N) is 1. The number of fused-ring (bicyclic) bond motifs is 2. The third kappa shape index (κ3) is 4.73. The fourth-order valence-corrected chi connectivity index (χ4v) is 9.84. The highest BCUT2D eigenvalue weighted by Crippen LogP contribution is 2.64. The summed E-state index contributed by atoms with van der Waals surface area (Å²) >= 11 is 0. The topological polar surface area (TPSA) is 113 Å². The van der Waals surface area contributed by atoms with Crippen LogP contribution in [-0.4, -0.2) is 60.7 Å². The molecular formula is C28H39N3O5S. The molecule has 1 saturated heterocycles. The Kier molecular flexibility index (Phi) is 6.98. The number of rotatable bonds is 7. The van der Waals surface area contributed by atoms with Crippen LogP contribution >= 0.6 is 0 Å². The molecule has 1 aromatic carbocycles. The second-order valence-electron chi connectivity index (χ2n) is 12.1. The van der Waals surface area contributed by atoms with Crippen LogP contribution in [0.2, 0.25) is 0 Å². The Labute approximate surface area is 220 Å². The van der Waals surface area contributed by atoms with Gasteiger partial charge in [0.1, 0.15) is 11.8 Å². The molecule has 3 aliphatic carbocycles. The first-order chi connectivity index (χ1) is 17.5. The molecule has 8 nitrogen and oxygen atoms in total. The molecule has 4 fully saturated rings. The van der Waals surface area contributed by atoms with Gasteiger partial charge in [-0.15, -0.1) is 0 Å². The van der Waals surface area contributed by atoms with E-state index in [0.29, 0.717) is 37.8 Å². The fraction of sp³-hybridized carbons (Fsp3) is 0.679. The average molecular weight is 530 g/mol. The third-order valence-corrected chi connectivity index (χ3v) is 11.9. The smallest absolute Gasteiger partial charge is 0.251 e. The minimum atomic E-state index is -3.77. The normalized spacial score (nSPS) is 33.4. The first kappa shape index (κ1) is 26.4. The van der Waals surface area contributed by atoms with Crippen LogP contribution < -0.4 is 10.6 Å². The molecule has 1 unspecified atom stereocenters. The Hall–Kier alpha value is -2.26. The summed E-state index contributed by atoms with van der Waals surface area (Å²) in [5.41, 5.74) is -0.526. The van der Waals surface area contributed by atoms with Crippen LogP contribution in [0.5, 0.6) is 0 Å². The summed E-state index contributed by atoms with van der Waals surface area (Å²) in [7, 11) is -3.77. The zero-order valence-corrected chi connectivity index (χ0v) is 22.7. The zero-order chi connectivity index (χ0) is 26.4. The number of ketones is 1. The lowest BCUT2D eigenvalue weighted by atomic mass is 9.70. The van der Waals surface area contributed by atoms with E-state index in [1.165, 1.54) is 4.31 Å². The molecule has 5 rings (SSSR count). The van der Waals surface area contributed by atoms with Gasteiger partial charge in [-0.1, -0.05) is 32.0 Å². The lowest BCUT2D eigenvalue weighted by Gasteiger charge is -2.38. The number of carbonyl (C=O) groups is 3. The number of benzene rings is 1. The van der Waals surface area contributed by atoms with E-state index in [0.717, 1.165) is 32.1 Å². The molecule has 0 radical (unpaired) electrons. The van der Waals surface area contributed by atoms with Gasteiger partial charge in [-0.3, -0.25) is 14.4 Å². The number of hydrogen-bond acceptors (Lipinski definition) is 5. The van der Waals surface area contributed by atoms with Gasteiger partial charge in [0, 0.05) is 36.0 Å². The second kappa shape index (κ2) is 9.80. The minimum absolute atomic E-state index is 0.0351. The van der Waals surface area contributed by atoms with Crippen LogP contribution in [0.1, 0.15) is 82.0 Å². The van der Waals surface area contributed by atoms with E-state index in [1.807, 2.05) is 32.0 Å². The monoisotopic (exact) mass is 529 g/mol. The van der Waals surface area contributed by atoms with Gasteiger partial charge in [0.15, 0.2) is 0 Å². The number of amides is 2. The van der Waals surface area contributed by atoms with Gasteiger partial charge < -0.3 is 10.6 Å². The average Bonchev–Trinajstić information content (AvgIpc) is 3.50. The Morgan fingerprint density at radius 2 is 1.62 bits per heavy atom. The maximum absolute atomic E-state index is 13.6. The molecule has 2 bridgehead atoms. The van der Waals surface area contributed by atoms with Gasteiger partial charge in [-0.2, -0.15) is 4.31 Å². The van der Waals surface area contributed by atoms with Gasteiger partial charge in [-0.25, -0.2) is 8.42 Å². The van der Waals surface area contributed by atoms with Crippen molar-refractivity contribution in [3.63, 3.8) is 0 Å². The Balaban J connectivity index is 1.17. The van der Waals surface area contributed by atoms with Crippen LogP contribution in [0.15, 0.2) is 30.3 Å². The Morgan fingerprint density at radius 3 is 2.22 bits per heavy atom. The summed E-state index contributed by atoms with van der Waals surface area (Å²) in [6, 6.07) is 8.44. The van der Waals surface area contributed by atoms with Crippen molar-refractivity contribution in [3.8, 4) is 0 Å². The molecule has 2 N–H and O–H groups in total. The minimum Gasteiger partial charge on any atom is -0.352 e. The van der Waals surface area contributed by atoms with Gasteiger partial charge >= 0.3 is 0 Å². The molecule has 1 aromatic rings. The predicted molar refractivity (Wildman–Crippen MR) is 140 cm³/mol. The van der Waals surface area contributed by atoms with Crippen molar-refractivity contribution in [1.82, 2.24) is 14.9 Å². The van der Waals surface area contributed by atoms with Gasteiger partial charge in [0.05, 0.1) is 5.75 Å². The second-order valence-corrected chi connectivity index (χ2v) is 14.0. The zero-order valence-electron chi connectivity index (χ0n) is 21.9. The first-order valence-corrected chi connectivity index (χ1v) is 15.3. The molecule has 0 aromatic heterocycles. The Bertz CT molecular complexity index is 1160. The predicted octanol–water partition coefficient (Wildman–Crippen LogP) is 3.03. The molecule has 9 heteroatoms. The van der Waals surface area contributed by atoms with Crippen molar-refractivity contribution in [2.75, 3.05) is 12.3 Å². The van der Waals surface area contributed by atoms with Crippen LogP contribution in [0.4, 0.5) is 0 Å². The highest BCUT2D eigenvalue weighted by molar-refractivity contribution is 7.89. The number of nitrogens with one attached hydrogen (secondary N) is 2. The molecule has 2 amide bonds. The SMILES string of the molecule is CC1(C)C2CC[C@@]1(CS(=O)(=O)N1CCC[C@H]1C(=O)NC1CCC(NC(=O)c3ccccc3)CC1)C(=O)C2. The van der Waals surface area contributed by atoms with E-state index in [2.05, 4.69) is 10.6 Å². The number of hydrogen-bond donors (Lipinski definition) is 2. The van der Waals surface area contributed by atoms with E-state index in [-0.39, 0.29) is 46.8 Å². The molecule has 202 valence electrons. The highest BCUT2D eigenvalue weighted by atomic mass is 32.2. The Morgan fingerprint density at radius 1 is 0.973 bits per heavy atom. The van der Waals surface area contributed by atoms with Crippen LogP contribution in [-0.2, 0) is 19.6 Å². The van der Waals surface area contributed by atoms with E-state index >= 15 is 0 Å². The summed E-state index contributed by atoms with van der Waals surface area (Å²) in [6.07, 6.45) is 6.12. The van der Waals surface area contributed by atoms with Gasteiger partial charge in [0.25, 0.3) is 5.91 Å². The lowest BCUT2D eigenvalue weighted by molar-refractivity contribution is -0.128. The van der Waals surface area contributed by atoms with Crippen molar-refractivity contribution in [1.29, 1.82) is 0 Å². The van der Waals surface area contributed by atoms with Crippen molar-refractivity contribution < 1.29 is 22.8 Å². The molecule has 0 spiro atoms. The van der Waals surface area contributed by atoms with Gasteiger partial charge in [0.2, 0.25) is 15.9 Å². The summed E-state index contributed by atoms with van der Waals surface area (Å²) in [5, 5.41) is 6.18. The van der Waals surface area contributed by atoms with Crippen molar-refractivity contribution in [2.24, 2.45) is 16.7 Å². The maximum atomic E-state index is 13.6. The molecule has 3 atom stereocenters. The summed E-state index contributed by atoms with van der Waals surface area (Å²) in [6.45, 7) is 4.41. The van der Waals surface area contributed by atoms with Crippen LogP contribution in [0.3, 0.4) is 0 Å². The van der Waals surface area contributed by atoms with E-state index in [9.17, 15) is 22.8 Å². The summed E-state index contributed by atoms with van der Waals surface area (Å²) in [5.74, 6) is -0.180. The molecule has 1 aliphatic heterocycles. The van der Waals surface area contributed by atoms with E-state index < -0.39 is 21.5 Å². The quantitative estimate of drug-likeness (QED) is 0.564. The van der Waals surface area contributed by atoms with E-state index in [1.54, 1.807) is 12.1 Å². The van der Waals surface area contributed by atoms with Crippen molar-refractivity contribution in [2.45, 2.75) is 89.8 Å². The fourth-order valence-electron chi connectivity index (χ4n) is 7.38. The molecule has 1 heterocycles. The molecule has 3 saturated carbocycles. The summed E-state index contributed by atoms with van der Waals surface area (Å²) in [4.78, 5) is 38.6. The molecule has 37 heavy (non-hydrogen) atoms. The van der Waals surface area contributed by atoms with E-state index in [4.69, 9.17) is 0 Å². The number of Topliss-reactive ketones (excluding diaryl/α,β-unsaturated/α-hetero) is 1. The van der Waals surface area contributed by atoms with Crippen molar-refractivity contribution >= 4 is 27.6 Å². The van der Waals surface area contributed by atoms with Gasteiger partial charge in [-0.05, 0) is 74.8 Å². The lowest BCUT2D eigenvalue weighted by Crippen LogP contribution is -2.53. The van der Waals surface area contributed by atoms with Crippen LogP contribution in [0.25, 0.3) is 0 Å². The summed E-state index contributed by atoms with van der Waals surface area (Å²) < 4.78 is 28.6. The highest BCUT2D eigenvalue weighted by Gasteiger charge is 2.66. The maximum Gasteiger partial charge on any atom is 0.251 e. The third-order valence-electron chi connectivity index (χ3n) is 9.88. The van der Waals surface area contributed by atoms with Crippen LogP contribution in [0, 0.1) is 16.7 Å². The molecule has 4 aliphatic rings.